The Kier molecular flexibility index (Phi) is 2.51. The average molecular weight is 233 g/mol. The van der Waals surface area contributed by atoms with Gasteiger partial charge in [-0.2, -0.15) is 0 Å². The van der Waals surface area contributed by atoms with E-state index in [4.69, 9.17) is 15.4 Å². The van der Waals surface area contributed by atoms with E-state index in [1.807, 2.05) is 0 Å². The van der Waals surface area contributed by atoms with Crippen molar-refractivity contribution in [2.75, 3.05) is 6.61 Å². The lowest BCUT2D eigenvalue weighted by Gasteiger charge is -2.16. The van der Waals surface area contributed by atoms with Gasteiger partial charge < -0.3 is 4.74 Å². The van der Waals surface area contributed by atoms with Crippen LogP contribution in [0.4, 0.5) is 0 Å². The number of fused-ring (bicyclic) bond motifs is 1. The first-order chi connectivity index (χ1) is 6.57. The highest BCUT2D eigenvalue weighted by Crippen LogP contribution is 2.22. The lowest BCUT2D eigenvalue weighted by atomic mass is 10.0. The molecule has 5 heteroatoms. The molecule has 14 heavy (non-hydrogen) atoms. The second-order valence-corrected chi connectivity index (χ2v) is 5.74. The number of hydrogen-bond acceptors (Lipinski definition) is 3. The summed E-state index contributed by atoms with van der Waals surface area (Å²) < 4.78 is 27.3. The maximum Gasteiger partial charge on any atom is 0.261 e. The largest absolute Gasteiger partial charge is 0.376 e. The van der Waals surface area contributed by atoms with Gasteiger partial charge in [-0.15, -0.1) is 0 Å². The van der Waals surface area contributed by atoms with E-state index in [0.29, 0.717) is 13.2 Å². The lowest BCUT2D eigenvalue weighted by molar-refractivity contribution is 0.110. The van der Waals surface area contributed by atoms with Crippen molar-refractivity contribution in [3.8, 4) is 0 Å². The molecule has 0 aliphatic carbocycles. The van der Waals surface area contributed by atoms with E-state index < -0.39 is 9.05 Å². The Morgan fingerprint density at radius 2 is 2.07 bits per heavy atom. The standard InChI is InChI=1S/C9H9ClO3S/c10-14(11,12)9-2-1-7-3-4-13-6-8(7)5-9/h1-2,5H,3-4,6H2. The Balaban J connectivity index is 2.49. The van der Waals surface area contributed by atoms with Crippen LogP contribution < -0.4 is 0 Å². The fourth-order valence-corrected chi connectivity index (χ4v) is 2.30. The van der Waals surface area contributed by atoms with Gasteiger partial charge in [-0.1, -0.05) is 6.07 Å². The first-order valence-electron chi connectivity index (χ1n) is 4.21. The summed E-state index contributed by atoms with van der Waals surface area (Å²) in [6.45, 7) is 1.16. The highest BCUT2D eigenvalue weighted by molar-refractivity contribution is 8.13. The summed E-state index contributed by atoms with van der Waals surface area (Å²) in [4.78, 5) is 0.142. The molecule has 76 valence electrons. The fourth-order valence-electron chi connectivity index (χ4n) is 1.50. The Labute approximate surface area is 87.1 Å². The Hall–Kier alpha value is -0.580. The quantitative estimate of drug-likeness (QED) is 0.692. The zero-order valence-electron chi connectivity index (χ0n) is 7.36. The summed E-state index contributed by atoms with van der Waals surface area (Å²) in [5.74, 6) is 0. The smallest absolute Gasteiger partial charge is 0.261 e. The molecule has 1 aliphatic heterocycles. The van der Waals surface area contributed by atoms with Crippen LogP contribution in [0.5, 0.6) is 0 Å². The van der Waals surface area contributed by atoms with Crippen LogP contribution in [0.3, 0.4) is 0 Å². The molecule has 0 fully saturated rings. The predicted molar refractivity (Wildman–Crippen MR) is 52.8 cm³/mol. The Morgan fingerprint density at radius 1 is 1.29 bits per heavy atom. The summed E-state index contributed by atoms with van der Waals surface area (Å²) in [5, 5.41) is 0. The SMILES string of the molecule is O=S(=O)(Cl)c1ccc2c(c1)COCC2. The highest BCUT2D eigenvalue weighted by atomic mass is 35.7. The first-order valence-corrected chi connectivity index (χ1v) is 6.52. The van der Waals surface area contributed by atoms with Crippen molar-refractivity contribution in [3.63, 3.8) is 0 Å². The number of benzene rings is 1. The van der Waals surface area contributed by atoms with Gasteiger partial charge in [0.25, 0.3) is 9.05 Å². The zero-order chi connectivity index (χ0) is 10.2. The van der Waals surface area contributed by atoms with Gasteiger partial charge in [-0.3, -0.25) is 0 Å². The maximum absolute atomic E-state index is 11.0. The molecule has 0 N–H and O–H groups in total. The topological polar surface area (TPSA) is 43.4 Å². The summed E-state index contributed by atoms with van der Waals surface area (Å²) in [6, 6.07) is 4.91. The van der Waals surface area contributed by atoms with E-state index in [-0.39, 0.29) is 4.90 Å². The van der Waals surface area contributed by atoms with Gasteiger partial charge in [0.05, 0.1) is 18.1 Å². The van der Waals surface area contributed by atoms with E-state index >= 15 is 0 Å². The second kappa shape index (κ2) is 3.53. The first kappa shape index (κ1) is 9.96. The third-order valence-corrected chi connectivity index (χ3v) is 3.58. The number of ether oxygens (including phenoxy) is 1. The maximum atomic E-state index is 11.0. The summed E-state index contributed by atoms with van der Waals surface area (Å²) in [5.41, 5.74) is 2.05. The van der Waals surface area contributed by atoms with Crippen LogP contribution >= 0.6 is 10.7 Å². The number of halogens is 1. The van der Waals surface area contributed by atoms with Gasteiger partial charge in [0.2, 0.25) is 0 Å². The van der Waals surface area contributed by atoms with Crippen LogP contribution in [0, 0.1) is 0 Å². The minimum absolute atomic E-state index is 0.142. The molecule has 1 heterocycles. The number of rotatable bonds is 1. The van der Waals surface area contributed by atoms with Crippen LogP contribution in [0.25, 0.3) is 0 Å². The highest BCUT2D eigenvalue weighted by Gasteiger charge is 2.15. The predicted octanol–water partition coefficient (Wildman–Crippen LogP) is 1.69. The van der Waals surface area contributed by atoms with E-state index in [9.17, 15) is 8.42 Å². The third kappa shape index (κ3) is 1.92. The number of hydrogen-bond donors (Lipinski definition) is 0. The zero-order valence-corrected chi connectivity index (χ0v) is 8.94. The molecule has 0 bridgehead atoms. The fraction of sp³-hybridized carbons (Fsp3) is 0.333. The van der Waals surface area contributed by atoms with Gasteiger partial charge in [0, 0.05) is 10.7 Å². The normalized spacial score (nSPS) is 16.4. The third-order valence-electron chi connectivity index (χ3n) is 2.23. The van der Waals surface area contributed by atoms with E-state index in [1.165, 1.54) is 6.07 Å². The van der Waals surface area contributed by atoms with Crippen molar-refractivity contribution >= 4 is 19.7 Å². The van der Waals surface area contributed by atoms with E-state index in [1.54, 1.807) is 12.1 Å². The van der Waals surface area contributed by atoms with Gasteiger partial charge in [0.1, 0.15) is 0 Å². The lowest BCUT2D eigenvalue weighted by Crippen LogP contribution is -2.10. The molecule has 0 unspecified atom stereocenters. The van der Waals surface area contributed by atoms with Crippen molar-refractivity contribution in [2.24, 2.45) is 0 Å². The van der Waals surface area contributed by atoms with Crippen LogP contribution in [0.1, 0.15) is 11.1 Å². The molecule has 0 saturated heterocycles. The van der Waals surface area contributed by atoms with Crippen molar-refractivity contribution in [1.29, 1.82) is 0 Å². The molecule has 1 aliphatic rings. The van der Waals surface area contributed by atoms with Crippen LogP contribution in [0.2, 0.25) is 0 Å². The summed E-state index contributed by atoms with van der Waals surface area (Å²) in [6.07, 6.45) is 0.831. The molecule has 0 amide bonds. The molecular formula is C9H9ClO3S. The van der Waals surface area contributed by atoms with Crippen LogP contribution in [-0.2, 0) is 26.8 Å². The summed E-state index contributed by atoms with van der Waals surface area (Å²) >= 11 is 0. The molecule has 1 aromatic carbocycles. The monoisotopic (exact) mass is 232 g/mol. The average Bonchev–Trinajstić information content (AvgIpc) is 2.16. The van der Waals surface area contributed by atoms with Crippen LogP contribution in [-0.4, -0.2) is 15.0 Å². The van der Waals surface area contributed by atoms with Crippen LogP contribution in [0.15, 0.2) is 23.1 Å². The molecular weight excluding hydrogens is 224 g/mol. The molecule has 3 nitrogen and oxygen atoms in total. The molecule has 2 rings (SSSR count). The van der Waals surface area contributed by atoms with Crippen molar-refractivity contribution in [2.45, 2.75) is 17.9 Å². The molecule has 1 aromatic rings. The molecule has 0 atom stereocenters. The van der Waals surface area contributed by atoms with Crippen molar-refractivity contribution in [3.05, 3.63) is 29.3 Å². The molecule has 0 aromatic heterocycles. The minimum atomic E-state index is -3.62. The summed E-state index contributed by atoms with van der Waals surface area (Å²) in [7, 11) is 1.61. The van der Waals surface area contributed by atoms with E-state index in [0.717, 1.165) is 17.5 Å². The Bertz CT molecular complexity index is 453. The molecule has 0 saturated carbocycles. The van der Waals surface area contributed by atoms with Gasteiger partial charge in [-0.25, -0.2) is 8.42 Å². The Morgan fingerprint density at radius 3 is 2.79 bits per heavy atom. The van der Waals surface area contributed by atoms with Gasteiger partial charge >= 0.3 is 0 Å². The van der Waals surface area contributed by atoms with Crippen molar-refractivity contribution in [1.82, 2.24) is 0 Å². The van der Waals surface area contributed by atoms with Gasteiger partial charge in [-0.05, 0) is 29.7 Å². The van der Waals surface area contributed by atoms with Crippen molar-refractivity contribution < 1.29 is 13.2 Å². The minimum Gasteiger partial charge on any atom is -0.376 e. The second-order valence-electron chi connectivity index (χ2n) is 3.17. The molecule has 0 radical (unpaired) electrons. The van der Waals surface area contributed by atoms with Gasteiger partial charge in [0.15, 0.2) is 0 Å². The van der Waals surface area contributed by atoms with E-state index in [2.05, 4.69) is 0 Å². The molecule has 0 spiro atoms.